The minimum Gasteiger partial charge on any atom is -0.504 e. The van der Waals surface area contributed by atoms with Gasteiger partial charge in [0.15, 0.2) is 11.5 Å². The molecule has 20 heavy (non-hydrogen) atoms. The zero-order valence-electron chi connectivity index (χ0n) is 11.4. The normalized spacial score (nSPS) is 11.1. The van der Waals surface area contributed by atoms with Crippen molar-refractivity contribution in [1.82, 2.24) is 9.97 Å². The number of nitrogens with one attached hydrogen (secondary N) is 1. The average Bonchev–Trinajstić information content (AvgIpc) is 2.73. The molecular formula is C16H16N2O2. The quantitative estimate of drug-likeness (QED) is 0.625. The number of hydrogen-bond acceptors (Lipinski definition) is 3. The van der Waals surface area contributed by atoms with Crippen LogP contribution in [-0.2, 0) is 6.42 Å². The van der Waals surface area contributed by atoms with Crippen LogP contribution in [0.5, 0.6) is 11.5 Å². The molecule has 3 rings (SSSR count). The van der Waals surface area contributed by atoms with Gasteiger partial charge in [0.2, 0.25) is 0 Å². The molecule has 0 aliphatic rings. The Morgan fingerprint density at radius 3 is 2.60 bits per heavy atom. The SMILES string of the molecule is Cc1nc(Cc2c(O)c(O)cc3ccccc23)c(C)[nH]1. The van der Waals surface area contributed by atoms with Crippen LogP contribution in [0, 0.1) is 13.8 Å². The van der Waals surface area contributed by atoms with Crippen molar-refractivity contribution in [2.75, 3.05) is 0 Å². The number of imidazole rings is 1. The standard InChI is InChI=1S/C16H16N2O2/c1-9-14(18-10(2)17-9)8-13-12-6-4-3-5-11(12)7-15(19)16(13)20/h3-7,19-20H,8H2,1-2H3,(H,17,18). The molecule has 1 heterocycles. The minimum absolute atomic E-state index is 0.0660. The van der Waals surface area contributed by atoms with Crippen molar-refractivity contribution in [1.29, 1.82) is 0 Å². The van der Waals surface area contributed by atoms with Crippen molar-refractivity contribution < 1.29 is 10.2 Å². The number of nitrogens with zero attached hydrogens (tertiary/aromatic N) is 1. The molecule has 0 aliphatic carbocycles. The predicted molar refractivity (Wildman–Crippen MR) is 78.1 cm³/mol. The first-order valence-corrected chi connectivity index (χ1v) is 6.51. The largest absolute Gasteiger partial charge is 0.504 e. The van der Waals surface area contributed by atoms with Crippen LogP contribution in [0.25, 0.3) is 10.8 Å². The van der Waals surface area contributed by atoms with Gasteiger partial charge in [-0.1, -0.05) is 24.3 Å². The molecule has 0 spiro atoms. The van der Waals surface area contributed by atoms with Gasteiger partial charge in [-0.15, -0.1) is 0 Å². The average molecular weight is 268 g/mol. The number of rotatable bonds is 2. The molecule has 0 radical (unpaired) electrons. The highest BCUT2D eigenvalue weighted by Crippen LogP contribution is 2.37. The van der Waals surface area contributed by atoms with Crippen molar-refractivity contribution in [3.05, 3.63) is 53.1 Å². The lowest BCUT2D eigenvalue weighted by molar-refractivity contribution is 0.401. The van der Waals surface area contributed by atoms with Gasteiger partial charge in [-0.05, 0) is 30.7 Å². The molecule has 4 heteroatoms. The van der Waals surface area contributed by atoms with Gasteiger partial charge in [0.25, 0.3) is 0 Å². The summed E-state index contributed by atoms with van der Waals surface area (Å²) < 4.78 is 0. The molecule has 0 saturated carbocycles. The molecule has 0 atom stereocenters. The van der Waals surface area contributed by atoms with Crippen LogP contribution >= 0.6 is 0 Å². The Labute approximate surface area is 116 Å². The summed E-state index contributed by atoms with van der Waals surface area (Å²) in [6.45, 7) is 3.86. The molecule has 1 aromatic heterocycles. The summed E-state index contributed by atoms with van der Waals surface area (Å²) in [6, 6.07) is 9.27. The number of H-pyrrole nitrogens is 1. The van der Waals surface area contributed by atoms with Crippen LogP contribution in [0.1, 0.15) is 22.8 Å². The van der Waals surface area contributed by atoms with E-state index < -0.39 is 0 Å². The van der Waals surface area contributed by atoms with Gasteiger partial charge in [-0.25, -0.2) is 4.98 Å². The van der Waals surface area contributed by atoms with Gasteiger partial charge in [0, 0.05) is 17.7 Å². The second kappa shape index (κ2) is 4.56. The van der Waals surface area contributed by atoms with Crippen molar-refractivity contribution >= 4 is 10.8 Å². The number of fused-ring (bicyclic) bond motifs is 1. The number of benzene rings is 2. The van der Waals surface area contributed by atoms with Crippen LogP contribution in [0.4, 0.5) is 0 Å². The molecule has 3 aromatic rings. The summed E-state index contributed by atoms with van der Waals surface area (Å²) in [7, 11) is 0. The molecule has 102 valence electrons. The molecule has 0 aliphatic heterocycles. The van der Waals surface area contributed by atoms with Crippen molar-refractivity contribution in [2.45, 2.75) is 20.3 Å². The molecule has 0 saturated heterocycles. The number of phenolic OH excluding ortho intramolecular Hbond substituents is 2. The van der Waals surface area contributed by atoms with Gasteiger partial charge in [-0.2, -0.15) is 0 Å². The number of aromatic hydroxyl groups is 2. The third-order valence-corrected chi connectivity index (χ3v) is 3.55. The summed E-state index contributed by atoms with van der Waals surface area (Å²) in [4.78, 5) is 7.59. The highest BCUT2D eigenvalue weighted by molar-refractivity contribution is 5.90. The molecule has 0 bridgehead atoms. The Balaban J connectivity index is 2.19. The highest BCUT2D eigenvalue weighted by Gasteiger charge is 2.15. The lowest BCUT2D eigenvalue weighted by Gasteiger charge is -2.10. The lowest BCUT2D eigenvalue weighted by atomic mass is 9.98. The van der Waals surface area contributed by atoms with E-state index >= 15 is 0 Å². The zero-order valence-corrected chi connectivity index (χ0v) is 11.4. The van der Waals surface area contributed by atoms with Crippen LogP contribution < -0.4 is 0 Å². The van der Waals surface area contributed by atoms with E-state index in [2.05, 4.69) is 9.97 Å². The van der Waals surface area contributed by atoms with Crippen LogP contribution in [0.15, 0.2) is 30.3 Å². The Kier molecular flexibility index (Phi) is 2.86. The summed E-state index contributed by atoms with van der Waals surface area (Å²) in [5, 5.41) is 21.9. The summed E-state index contributed by atoms with van der Waals surface area (Å²) >= 11 is 0. The fourth-order valence-corrected chi connectivity index (χ4v) is 2.57. The summed E-state index contributed by atoms with van der Waals surface area (Å²) in [5.41, 5.74) is 2.57. The van der Waals surface area contributed by atoms with E-state index in [0.717, 1.165) is 28.0 Å². The molecule has 0 fully saturated rings. The van der Waals surface area contributed by atoms with Gasteiger partial charge in [0.1, 0.15) is 5.82 Å². The minimum atomic E-state index is -0.0939. The molecule has 0 amide bonds. The van der Waals surface area contributed by atoms with Gasteiger partial charge < -0.3 is 15.2 Å². The number of phenols is 2. The molecular weight excluding hydrogens is 252 g/mol. The first-order chi connectivity index (χ1) is 9.56. The van der Waals surface area contributed by atoms with Crippen LogP contribution in [-0.4, -0.2) is 20.2 Å². The zero-order chi connectivity index (χ0) is 14.3. The fourth-order valence-electron chi connectivity index (χ4n) is 2.57. The summed E-state index contributed by atoms with van der Waals surface area (Å²) in [5.74, 6) is 0.689. The van der Waals surface area contributed by atoms with E-state index in [9.17, 15) is 10.2 Å². The van der Waals surface area contributed by atoms with Crippen molar-refractivity contribution in [2.24, 2.45) is 0 Å². The first-order valence-electron chi connectivity index (χ1n) is 6.51. The third kappa shape index (κ3) is 1.99. The molecule has 2 aromatic carbocycles. The highest BCUT2D eigenvalue weighted by atomic mass is 16.3. The van der Waals surface area contributed by atoms with E-state index in [1.54, 1.807) is 6.07 Å². The van der Waals surface area contributed by atoms with Crippen molar-refractivity contribution in [3.63, 3.8) is 0 Å². The molecule has 0 unspecified atom stereocenters. The van der Waals surface area contributed by atoms with Crippen molar-refractivity contribution in [3.8, 4) is 11.5 Å². The maximum absolute atomic E-state index is 10.2. The number of aromatic nitrogens is 2. The van der Waals surface area contributed by atoms with E-state index in [1.165, 1.54) is 0 Å². The van der Waals surface area contributed by atoms with Crippen LogP contribution in [0.2, 0.25) is 0 Å². The molecule has 4 nitrogen and oxygen atoms in total. The number of aromatic amines is 1. The second-order valence-electron chi connectivity index (χ2n) is 5.01. The Morgan fingerprint density at radius 1 is 1.15 bits per heavy atom. The Hall–Kier alpha value is -2.49. The monoisotopic (exact) mass is 268 g/mol. The van der Waals surface area contributed by atoms with E-state index in [1.807, 2.05) is 38.1 Å². The first kappa shape index (κ1) is 12.5. The maximum atomic E-state index is 10.2. The van der Waals surface area contributed by atoms with E-state index in [4.69, 9.17) is 0 Å². The fraction of sp³-hybridized carbons (Fsp3) is 0.188. The Bertz CT molecular complexity index is 791. The van der Waals surface area contributed by atoms with Gasteiger partial charge >= 0.3 is 0 Å². The van der Waals surface area contributed by atoms with Crippen LogP contribution in [0.3, 0.4) is 0 Å². The van der Waals surface area contributed by atoms with Gasteiger partial charge in [-0.3, -0.25) is 0 Å². The summed E-state index contributed by atoms with van der Waals surface area (Å²) in [6.07, 6.45) is 0.483. The number of aryl methyl sites for hydroxylation is 2. The van der Waals surface area contributed by atoms with E-state index in [-0.39, 0.29) is 11.5 Å². The van der Waals surface area contributed by atoms with Gasteiger partial charge in [0.05, 0.1) is 5.69 Å². The predicted octanol–water partition coefficient (Wildman–Crippen LogP) is 3.18. The third-order valence-electron chi connectivity index (χ3n) is 3.55. The topological polar surface area (TPSA) is 69.1 Å². The second-order valence-corrected chi connectivity index (χ2v) is 5.01. The van der Waals surface area contributed by atoms with E-state index in [0.29, 0.717) is 12.0 Å². The maximum Gasteiger partial charge on any atom is 0.161 e. The molecule has 3 N–H and O–H groups in total. The lowest BCUT2D eigenvalue weighted by Crippen LogP contribution is -1.94. The number of hydrogen-bond donors (Lipinski definition) is 3. The smallest absolute Gasteiger partial charge is 0.161 e. The Morgan fingerprint density at radius 2 is 1.90 bits per heavy atom.